The molecular weight excluding hydrogens is 338 g/mol. The molecule has 0 radical (unpaired) electrons. The molecule has 7 heteroatoms. The van der Waals surface area contributed by atoms with Crippen LogP contribution in [0.15, 0.2) is 40.8 Å². The van der Waals surface area contributed by atoms with Crippen molar-refractivity contribution in [2.45, 2.75) is 25.4 Å². The molecule has 0 aliphatic carbocycles. The van der Waals surface area contributed by atoms with Gasteiger partial charge in [-0.25, -0.2) is 9.97 Å². The van der Waals surface area contributed by atoms with Crippen LogP contribution in [0.1, 0.15) is 18.5 Å². The van der Waals surface area contributed by atoms with Gasteiger partial charge in [0.15, 0.2) is 0 Å². The molecular formula is C17H19N5S2. The van der Waals surface area contributed by atoms with Crippen molar-refractivity contribution < 1.29 is 0 Å². The number of thiophene rings is 1. The summed E-state index contributed by atoms with van der Waals surface area (Å²) in [5.41, 5.74) is 4.03. The number of hydrogen-bond acceptors (Lipinski definition) is 7. The van der Waals surface area contributed by atoms with Gasteiger partial charge in [0.1, 0.15) is 11.5 Å². The van der Waals surface area contributed by atoms with E-state index in [4.69, 9.17) is 4.98 Å². The molecule has 4 heterocycles. The summed E-state index contributed by atoms with van der Waals surface area (Å²) < 4.78 is 0. The summed E-state index contributed by atoms with van der Waals surface area (Å²) in [6, 6.07) is 4.58. The monoisotopic (exact) mass is 357 g/mol. The van der Waals surface area contributed by atoms with Crippen molar-refractivity contribution >= 4 is 28.5 Å². The highest BCUT2D eigenvalue weighted by atomic mass is 32.1. The zero-order chi connectivity index (χ0) is 16.2. The van der Waals surface area contributed by atoms with Gasteiger partial charge in [0.2, 0.25) is 0 Å². The minimum atomic E-state index is 0.463. The number of anilines is 1. The van der Waals surface area contributed by atoms with Crippen LogP contribution in [0.3, 0.4) is 0 Å². The van der Waals surface area contributed by atoms with Gasteiger partial charge >= 0.3 is 0 Å². The Morgan fingerprint density at radius 3 is 2.92 bits per heavy atom. The first kappa shape index (κ1) is 15.7. The van der Waals surface area contributed by atoms with Crippen LogP contribution in [-0.4, -0.2) is 39.0 Å². The maximum atomic E-state index is 4.70. The Kier molecular flexibility index (Phi) is 4.82. The number of thiazole rings is 1. The fourth-order valence-corrected chi connectivity index (χ4v) is 4.20. The minimum Gasteiger partial charge on any atom is -0.366 e. The predicted molar refractivity (Wildman–Crippen MR) is 99.4 cm³/mol. The quantitative estimate of drug-likeness (QED) is 0.754. The van der Waals surface area contributed by atoms with Crippen molar-refractivity contribution in [3.8, 4) is 10.6 Å². The van der Waals surface area contributed by atoms with Crippen LogP contribution in [0, 0.1) is 0 Å². The molecule has 1 saturated heterocycles. The third-order valence-electron chi connectivity index (χ3n) is 4.22. The maximum Gasteiger partial charge on any atom is 0.145 e. The van der Waals surface area contributed by atoms with E-state index in [2.05, 4.69) is 37.0 Å². The van der Waals surface area contributed by atoms with Crippen molar-refractivity contribution in [3.05, 3.63) is 46.5 Å². The normalized spacial score (nSPS) is 16.3. The van der Waals surface area contributed by atoms with E-state index >= 15 is 0 Å². The Morgan fingerprint density at radius 2 is 2.17 bits per heavy atom. The van der Waals surface area contributed by atoms with Crippen molar-refractivity contribution in [3.63, 3.8) is 0 Å². The number of hydrogen-bond donors (Lipinski definition) is 1. The smallest absolute Gasteiger partial charge is 0.145 e. The molecule has 4 rings (SSSR count). The lowest BCUT2D eigenvalue weighted by atomic mass is 10.1. The average Bonchev–Trinajstić information content (AvgIpc) is 3.30. The van der Waals surface area contributed by atoms with E-state index in [9.17, 15) is 0 Å². The molecule has 1 aliphatic rings. The van der Waals surface area contributed by atoms with Gasteiger partial charge in [-0.3, -0.25) is 9.88 Å². The molecule has 5 nitrogen and oxygen atoms in total. The molecule has 3 aromatic rings. The van der Waals surface area contributed by atoms with Gasteiger partial charge in [-0.05, 0) is 24.3 Å². The molecule has 0 saturated carbocycles. The number of piperidine rings is 1. The SMILES string of the molecule is c1csc(-c2cncc(NC3CCN(Cc4cscn4)CC3)n2)c1. The van der Waals surface area contributed by atoms with E-state index in [1.54, 1.807) is 22.7 Å². The standard InChI is InChI=1S/C17H19N5S2/c1-2-16(24-7-1)15-8-18-9-17(21-15)20-13-3-5-22(6-4-13)10-14-11-23-12-19-14/h1-2,7-9,11-13H,3-6,10H2,(H,20,21). The van der Waals surface area contributed by atoms with E-state index in [-0.39, 0.29) is 0 Å². The van der Waals surface area contributed by atoms with E-state index < -0.39 is 0 Å². The Hall–Kier alpha value is -1.83. The van der Waals surface area contributed by atoms with Gasteiger partial charge in [0.05, 0.1) is 28.5 Å². The van der Waals surface area contributed by atoms with Gasteiger partial charge in [0.25, 0.3) is 0 Å². The number of nitrogens with zero attached hydrogens (tertiary/aromatic N) is 4. The summed E-state index contributed by atoms with van der Waals surface area (Å²) in [5, 5.41) is 7.75. The minimum absolute atomic E-state index is 0.463. The molecule has 0 amide bonds. The summed E-state index contributed by atoms with van der Waals surface area (Å²) in [4.78, 5) is 17.0. The summed E-state index contributed by atoms with van der Waals surface area (Å²) in [7, 11) is 0. The highest BCUT2D eigenvalue weighted by Crippen LogP contribution is 2.24. The molecule has 0 bridgehead atoms. The molecule has 0 atom stereocenters. The lowest BCUT2D eigenvalue weighted by Crippen LogP contribution is -2.38. The second-order valence-electron chi connectivity index (χ2n) is 5.94. The van der Waals surface area contributed by atoms with Gasteiger partial charge in [-0.2, -0.15) is 0 Å². The summed E-state index contributed by atoms with van der Waals surface area (Å²) in [5.74, 6) is 0.874. The highest BCUT2D eigenvalue weighted by molar-refractivity contribution is 7.13. The highest BCUT2D eigenvalue weighted by Gasteiger charge is 2.20. The van der Waals surface area contributed by atoms with Gasteiger partial charge in [-0.15, -0.1) is 22.7 Å². The lowest BCUT2D eigenvalue weighted by Gasteiger charge is -2.32. The van der Waals surface area contributed by atoms with Crippen LogP contribution in [-0.2, 0) is 6.54 Å². The molecule has 1 aliphatic heterocycles. The van der Waals surface area contributed by atoms with Crippen LogP contribution >= 0.6 is 22.7 Å². The molecule has 0 aromatic carbocycles. The van der Waals surface area contributed by atoms with Crippen LogP contribution in [0.25, 0.3) is 10.6 Å². The van der Waals surface area contributed by atoms with E-state index in [1.165, 1.54) is 5.69 Å². The van der Waals surface area contributed by atoms with Crippen molar-refractivity contribution in [1.82, 2.24) is 19.9 Å². The summed E-state index contributed by atoms with van der Waals surface area (Å²) >= 11 is 3.36. The Labute approximate surface area is 149 Å². The largest absolute Gasteiger partial charge is 0.366 e. The van der Waals surface area contributed by atoms with Crippen LogP contribution in [0.2, 0.25) is 0 Å². The van der Waals surface area contributed by atoms with Gasteiger partial charge in [0, 0.05) is 31.1 Å². The lowest BCUT2D eigenvalue weighted by molar-refractivity contribution is 0.209. The van der Waals surface area contributed by atoms with E-state index in [1.807, 2.05) is 24.0 Å². The first-order valence-electron chi connectivity index (χ1n) is 8.09. The number of aromatic nitrogens is 3. The van der Waals surface area contributed by atoms with E-state index in [0.29, 0.717) is 6.04 Å². The molecule has 0 spiro atoms. The van der Waals surface area contributed by atoms with Gasteiger partial charge < -0.3 is 5.32 Å². The number of rotatable bonds is 5. The average molecular weight is 358 g/mol. The molecule has 0 unspecified atom stereocenters. The second-order valence-corrected chi connectivity index (χ2v) is 7.61. The number of likely N-dealkylation sites (tertiary alicyclic amines) is 1. The fraction of sp³-hybridized carbons (Fsp3) is 0.353. The summed E-state index contributed by atoms with van der Waals surface area (Å²) in [6.07, 6.45) is 5.89. The van der Waals surface area contributed by atoms with E-state index in [0.717, 1.165) is 48.9 Å². The van der Waals surface area contributed by atoms with Crippen LogP contribution in [0.4, 0.5) is 5.82 Å². The molecule has 1 N–H and O–H groups in total. The molecule has 1 fully saturated rings. The Bertz CT molecular complexity index is 749. The van der Waals surface area contributed by atoms with Crippen LogP contribution in [0.5, 0.6) is 0 Å². The maximum absolute atomic E-state index is 4.70. The summed E-state index contributed by atoms with van der Waals surface area (Å²) in [6.45, 7) is 3.14. The Balaban J connectivity index is 1.33. The van der Waals surface area contributed by atoms with Crippen molar-refractivity contribution in [2.24, 2.45) is 0 Å². The predicted octanol–water partition coefficient (Wildman–Crippen LogP) is 3.74. The second kappa shape index (κ2) is 7.38. The molecule has 124 valence electrons. The molecule has 3 aromatic heterocycles. The van der Waals surface area contributed by atoms with Crippen molar-refractivity contribution in [2.75, 3.05) is 18.4 Å². The Morgan fingerprint density at radius 1 is 1.25 bits per heavy atom. The first-order chi connectivity index (χ1) is 11.9. The molecule has 24 heavy (non-hydrogen) atoms. The van der Waals surface area contributed by atoms with Crippen molar-refractivity contribution in [1.29, 1.82) is 0 Å². The zero-order valence-electron chi connectivity index (χ0n) is 13.3. The zero-order valence-corrected chi connectivity index (χ0v) is 14.9. The first-order valence-corrected chi connectivity index (χ1v) is 9.91. The third-order valence-corrected chi connectivity index (χ3v) is 5.74. The van der Waals surface area contributed by atoms with Crippen LogP contribution < -0.4 is 5.32 Å². The fourth-order valence-electron chi connectivity index (χ4n) is 2.97. The van der Waals surface area contributed by atoms with Gasteiger partial charge in [-0.1, -0.05) is 6.07 Å². The third kappa shape index (κ3) is 3.80. The topological polar surface area (TPSA) is 53.9 Å². The number of nitrogens with one attached hydrogen (secondary N) is 1.